The topological polar surface area (TPSA) is 34.0 Å². The average molecular weight is 313 g/mol. The normalized spacial score (nSPS) is 10.8. The Hall–Kier alpha value is -2.26. The molecule has 0 saturated heterocycles. The van der Waals surface area contributed by atoms with Crippen molar-refractivity contribution < 1.29 is 4.79 Å². The summed E-state index contributed by atoms with van der Waals surface area (Å²) in [5, 5.41) is 4.71. The van der Waals surface area contributed by atoms with Crippen LogP contribution < -0.4 is 5.32 Å². The van der Waals surface area contributed by atoms with Crippen LogP contribution in [-0.4, -0.2) is 17.0 Å². The fraction of sp³-hybridized carbons (Fsp3) is 0.167. The predicted octanol–water partition coefficient (Wildman–Crippen LogP) is 3.65. The first-order valence-corrected chi connectivity index (χ1v) is 7.65. The van der Waals surface area contributed by atoms with Gasteiger partial charge in [-0.05, 0) is 36.2 Å². The van der Waals surface area contributed by atoms with Crippen molar-refractivity contribution in [1.29, 1.82) is 0 Å². The molecule has 3 nitrogen and oxygen atoms in total. The van der Waals surface area contributed by atoms with Crippen LogP contribution in [0.3, 0.4) is 0 Å². The molecular weight excluding hydrogens is 296 g/mol. The second-order valence-corrected chi connectivity index (χ2v) is 5.67. The monoisotopic (exact) mass is 312 g/mol. The van der Waals surface area contributed by atoms with Gasteiger partial charge in [-0.15, -0.1) is 0 Å². The Labute approximate surface area is 134 Å². The summed E-state index contributed by atoms with van der Waals surface area (Å²) in [5.74, 6) is 0.0170. The average Bonchev–Trinajstić information content (AvgIpc) is 2.90. The number of carbonyl (C=O) groups excluding carboxylic acids is 1. The van der Waals surface area contributed by atoms with Gasteiger partial charge in [-0.2, -0.15) is 0 Å². The summed E-state index contributed by atoms with van der Waals surface area (Å²) in [5.41, 5.74) is 2.24. The van der Waals surface area contributed by atoms with E-state index >= 15 is 0 Å². The number of benzene rings is 2. The van der Waals surface area contributed by atoms with Gasteiger partial charge in [0.05, 0.1) is 0 Å². The van der Waals surface area contributed by atoms with E-state index in [-0.39, 0.29) is 5.91 Å². The zero-order valence-corrected chi connectivity index (χ0v) is 12.9. The van der Waals surface area contributed by atoms with Gasteiger partial charge >= 0.3 is 0 Å². The lowest BCUT2D eigenvalue weighted by Crippen LogP contribution is -2.29. The lowest BCUT2D eigenvalue weighted by atomic mass is 10.1. The minimum atomic E-state index is 0.0170. The maximum atomic E-state index is 12.1. The molecule has 0 unspecified atom stereocenters. The molecule has 0 fully saturated rings. The molecule has 0 aliphatic carbocycles. The van der Waals surface area contributed by atoms with Gasteiger partial charge in [-0.25, -0.2) is 0 Å². The number of carbonyl (C=O) groups is 1. The van der Waals surface area contributed by atoms with Gasteiger partial charge in [-0.3, -0.25) is 4.79 Å². The van der Waals surface area contributed by atoms with Crippen molar-refractivity contribution >= 4 is 28.4 Å². The molecule has 0 spiro atoms. The summed E-state index contributed by atoms with van der Waals surface area (Å²) in [6, 6.07) is 17.8. The largest absolute Gasteiger partial charge is 0.354 e. The van der Waals surface area contributed by atoms with Gasteiger partial charge in [0.2, 0.25) is 5.91 Å². The Morgan fingerprint density at radius 1 is 1.09 bits per heavy atom. The van der Waals surface area contributed by atoms with E-state index in [1.807, 2.05) is 53.2 Å². The van der Waals surface area contributed by atoms with E-state index in [2.05, 4.69) is 17.4 Å². The van der Waals surface area contributed by atoms with Crippen molar-refractivity contribution in [2.75, 3.05) is 6.54 Å². The fourth-order valence-electron chi connectivity index (χ4n) is 2.51. The van der Waals surface area contributed by atoms with Crippen molar-refractivity contribution in [2.24, 2.45) is 0 Å². The van der Waals surface area contributed by atoms with Crippen LogP contribution in [0.4, 0.5) is 0 Å². The van der Waals surface area contributed by atoms with Crippen LogP contribution >= 0.6 is 11.6 Å². The van der Waals surface area contributed by atoms with Gasteiger partial charge in [0.25, 0.3) is 0 Å². The van der Waals surface area contributed by atoms with Gasteiger partial charge < -0.3 is 9.88 Å². The zero-order valence-electron chi connectivity index (χ0n) is 12.1. The van der Waals surface area contributed by atoms with Crippen LogP contribution in [-0.2, 0) is 17.8 Å². The van der Waals surface area contributed by atoms with E-state index in [0.29, 0.717) is 18.1 Å². The first-order chi connectivity index (χ1) is 10.7. The molecule has 3 rings (SSSR count). The number of halogens is 1. The third-order valence-electron chi connectivity index (χ3n) is 3.63. The Morgan fingerprint density at radius 2 is 1.91 bits per heavy atom. The molecule has 1 heterocycles. The summed E-state index contributed by atoms with van der Waals surface area (Å²) < 4.78 is 1.93. The number of hydrogen-bond donors (Lipinski definition) is 1. The summed E-state index contributed by atoms with van der Waals surface area (Å²) in [6.45, 7) is 0.966. The maximum Gasteiger partial charge on any atom is 0.239 e. The van der Waals surface area contributed by atoms with Gasteiger partial charge in [0, 0.05) is 28.7 Å². The first kappa shape index (κ1) is 14.7. The summed E-state index contributed by atoms with van der Waals surface area (Å²) in [7, 11) is 0. The predicted molar refractivity (Wildman–Crippen MR) is 90.1 cm³/mol. The first-order valence-electron chi connectivity index (χ1n) is 7.27. The van der Waals surface area contributed by atoms with Crippen LogP contribution in [0.1, 0.15) is 5.56 Å². The number of rotatable bonds is 5. The summed E-state index contributed by atoms with van der Waals surface area (Å²) in [4.78, 5) is 12.1. The van der Waals surface area contributed by atoms with Crippen molar-refractivity contribution in [3.63, 3.8) is 0 Å². The number of nitrogens with zero attached hydrogens (tertiary/aromatic N) is 1. The molecule has 4 heteroatoms. The van der Waals surface area contributed by atoms with Gasteiger partial charge in [0.15, 0.2) is 0 Å². The highest BCUT2D eigenvalue weighted by atomic mass is 35.5. The summed E-state index contributed by atoms with van der Waals surface area (Å²) >= 11 is 5.97. The molecule has 112 valence electrons. The molecule has 1 N–H and O–H groups in total. The standard InChI is InChI=1S/C18H17ClN2O/c19-16-6-7-17-15(12-16)9-11-21(17)13-18(22)20-10-8-14-4-2-1-3-5-14/h1-7,9,11-12H,8,10,13H2,(H,20,22). The molecule has 0 atom stereocenters. The van der Waals surface area contributed by atoms with E-state index in [1.165, 1.54) is 5.56 Å². The lowest BCUT2D eigenvalue weighted by Gasteiger charge is -2.07. The van der Waals surface area contributed by atoms with Crippen molar-refractivity contribution in [3.8, 4) is 0 Å². The molecular formula is C18H17ClN2O. The second-order valence-electron chi connectivity index (χ2n) is 5.23. The molecule has 0 aliphatic heterocycles. The fourth-order valence-corrected chi connectivity index (χ4v) is 2.69. The van der Waals surface area contributed by atoms with Crippen LogP contribution in [0.25, 0.3) is 10.9 Å². The SMILES string of the molecule is O=C(Cn1ccc2cc(Cl)ccc21)NCCc1ccccc1. The van der Waals surface area contributed by atoms with Gasteiger partial charge in [0.1, 0.15) is 6.54 Å². The number of hydrogen-bond acceptors (Lipinski definition) is 1. The van der Waals surface area contributed by atoms with E-state index in [9.17, 15) is 4.79 Å². The Bertz CT molecular complexity index is 780. The molecule has 0 radical (unpaired) electrons. The maximum absolute atomic E-state index is 12.1. The third-order valence-corrected chi connectivity index (χ3v) is 3.86. The highest BCUT2D eigenvalue weighted by Crippen LogP contribution is 2.20. The Kier molecular flexibility index (Phi) is 4.45. The lowest BCUT2D eigenvalue weighted by molar-refractivity contribution is -0.121. The molecule has 1 amide bonds. The highest BCUT2D eigenvalue weighted by molar-refractivity contribution is 6.31. The Balaban J connectivity index is 1.57. The van der Waals surface area contributed by atoms with Gasteiger partial charge in [-0.1, -0.05) is 41.9 Å². The number of fused-ring (bicyclic) bond motifs is 1. The van der Waals surface area contributed by atoms with Crippen LogP contribution in [0, 0.1) is 0 Å². The summed E-state index contributed by atoms with van der Waals surface area (Å²) in [6.07, 6.45) is 2.76. The van der Waals surface area contributed by atoms with Crippen LogP contribution in [0.2, 0.25) is 5.02 Å². The molecule has 22 heavy (non-hydrogen) atoms. The number of nitrogens with one attached hydrogen (secondary N) is 1. The number of aromatic nitrogens is 1. The van der Waals surface area contributed by atoms with E-state index < -0.39 is 0 Å². The highest BCUT2D eigenvalue weighted by Gasteiger charge is 2.06. The van der Waals surface area contributed by atoms with E-state index in [1.54, 1.807) is 0 Å². The minimum absolute atomic E-state index is 0.0170. The van der Waals surface area contributed by atoms with Crippen molar-refractivity contribution in [1.82, 2.24) is 9.88 Å². The van der Waals surface area contributed by atoms with Crippen LogP contribution in [0.5, 0.6) is 0 Å². The van der Waals surface area contributed by atoms with Crippen molar-refractivity contribution in [3.05, 3.63) is 71.4 Å². The van der Waals surface area contributed by atoms with Crippen LogP contribution in [0.15, 0.2) is 60.8 Å². The molecule has 0 bridgehead atoms. The number of amides is 1. The molecule has 0 aliphatic rings. The molecule has 3 aromatic rings. The smallest absolute Gasteiger partial charge is 0.239 e. The van der Waals surface area contributed by atoms with E-state index in [0.717, 1.165) is 17.3 Å². The Morgan fingerprint density at radius 3 is 2.73 bits per heavy atom. The molecule has 0 saturated carbocycles. The zero-order chi connectivity index (χ0) is 15.4. The molecule has 2 aromatic carbocycles. The quantitative estimate of drug-likeness (QED) is 0.766. The molecule has 1 aromatic heterocycles. The minimum Gasteiger partial charge on any atom is -0.354 e. The van der Waals surface area contributed by atoms with E-state index in [4.69, 9.17) is 11.6 Å². The third kappa shape index (κ3) is 3.49. The second kappa shape index (κ2) is 6.67. The van der Waals surface area contributed by atoms with Crippen molar-refractivity contribution in [2.45, 2.75) is 13.0 Å².